The maximum Gasteiger partial charge on any atom is 0.224 e. The van der Waals surface area contributed by atoms with E-state index >= 15 is 0 Å². The van der Waals surface area contributed by atoms with E-state index in [2.05, 4.69) is 32.1 Å². The first-order valence-corrected chi connectivity index (χ1v) is 7.88. The van der Waals surface area contributed by atoms with Crippen LogP contribution in [0.4, 0.5) is 11.8 Å². The van der Waals surface area contributed by atoms with Gasteiger partial charge in [-0.1, -0.05) is 12.1 Å². The lowest BCUT2D eigenvalue weighted by atomic mass is 10.2. The van der Waals surface area contributed by atoms with Crippen molar-refractivity contribution in [3.05, 3.63) is 42.1 Å². The van der Waals surface area contributed by atoms with Crippen molar-refractivity contribution in [2.45, 2.75) is 6.54 Å². The van der Waals surface area contributed by atoms with Gasteiger partial charge >= 0.3 is 0 Å². The van der Waals surface area contributed by atoms with Gasteiger partial charge in [0, 0.05) is 38.9 Å². The Morgan fingerprint density at radius 3 is 2.52 bits per heavy atom. The number of methoxy groups -OCH3 is 1. The Hall–Kier alpha value is -2.34. The summed E-state index contributed by atoms with van der Waals surface area (Å²) in [5.41, 5.74) is 1.17. The normalized spacial score (nSPS) is 15.5. The van der Waals surface area contributed by atoms with E-state index in [1.54, 1.807) is 7.11 Å². The smallest absolute Gasteiger partial charge is 0.224 e. The fraction of sp³-hybridized carbons (Fsp3) is 0.412. The van der Waals surface area contributed by atoms with Gasteiger partial charge in [0.2, 0.25) is 5.95 Å². The molecule has 0 bridgehead atoms. The number of piperazine rings is 1. The van der Waals surface area contributed by atoms with E-state index in [4.69, 9.17) is 4.74 Å². The van der Waals surface area contributed by atoms with Crippen molar-refractivity contribution in [3.63, 3.8) is 0 Å². The van der Waals surface area contributed by atoms with E-state index in [0.29, 0.717) is 12.5 Å². The van der Waals surface area contributed by atoms with Crippen molar-refractivity contribution in [2.24, 2.45) is 0 Å². The summed E-state index contributed by atoms with van der Waals surface area (Å²) >= 11 is 0. The summed E-state index contributed by atoms with van der Waals surface area (Å²) in [6, 6.07) is 9.97. The Bertz CT molecular complexity index is 623. The Morgan fingerprint density at radius 1 is 1.09 bits per heavy atom. The topological polar surface area (TPSA) is 53.5 Å². The average molecular weight is 313 g/mol. The summed E-state index contributed by atoms with van der Waals surface area (Å²) in [5.74, 6) is 2.52. The molecule has 0 unspecified atom stereocenters. The number of hydrogen-bond acceptors (Lipinski definition) is 6. The fourth-order valence-electron chi connectivity index (χ4n) is 2.57. The van der Waals surface area contributed by atoms with Crippen LogP contribution in [0.25, 0.3) is 0 Å². The Morgan fingerprint density at radius 2 is 1.83 bits per heavy atom. The molecule has 0 spiro atoms. The second-order valence-corrected chi connectivity index (χ2v) is 5.73. The molecule has 2 heterocycles. The lowest BCUT2D eigenvalue weighted by molar-refractivity contribution is 0.312. The molecule has 1 aliphatic rings. The fourth-order valence-corrected chi connectivity index (χ4v) is 2.57. The first-order chi connectivity index (χ1) is 11.2. The minimum absolute atomic E-state index is 0.664. The van der Waals surface area contributed by atoms with Gasteiger partial charge in [-0.05, 0) is 30.8 Å². The SMILES string of the molecule is COc1ccc(CNc2nccc(N3CCN(C)CC3)n2)cc1. The number of hydrogen-bond donors (Lipinski definition) is 1. The highest BCUT2D eigenvalue weighted by Crippen LogP contribution is 2.15. The molecule has 3 rings (SSSR count). The third-order valence-electron chi connectivity index (χ3n) is 4.08. The standard InChI is InChI=1S/C17H23N5O/c1-21-9-11-22(12-10-21)16-7-8-18-17(20-16)19-13-14-3-5-15(23-2)6-4-14/h3-8H,9-13H2,1-2H3,(H,18,19,20). The Kier molecular flexibility index (Phi) is 4.92. The molecule has 6 heteroatoms. The number of benzene rings is 1. The van der Waals surface area contributed by atoms with E-state index in [0.717, 1.165) is 37.7 Å². The van der Waals surface area contributed by atoms with Crippen molar-refractivity contribution in [1.29, 1.82) is 0 Å². The van der Waals surface area contributed by atoms with Crippen LogP contribution in [-0.4, -0.2) is 55.2 Å². The molecule has 1 aromatic carbocycles. The molecule has 1 fully saturated rings. The summed E-state index contributed by atoms with van der Waals surface area (Å²) in [6.45, 7) is 4.84. The largest absolute Gasteiger partial charge is 0.497 e. The monoisotopic (exact) mass is 313 g/mol. The quantitative estimate of drug-likeness (QED) is 0.909. The zero-order chi connectivity index (χ0) is 16.1. The highest BCUT2D eigenvalue weighted by Gasteiger charge is 2.15. The van der Waals surface area contributed by atoms with Crippen LogP contribution in [0.15, 0.2) is 36.5 Å². The first-order valence-electron chi connectivity index (χ1n) is 7.88. The number of nitrogens with zero attached hydrogens (tertiary/aromatic N) is 4. The summed E-state index contributed by atoms with van der Waals surface area (Å²) in [5, 5.41) is 3.29. The number of ether oxygens (including phenoxy) is 1. The molecule has 1 saturated heterocycles. The van der Waals surface area contributed by atoms with Crippen LogP contribution in [0, 0.1) is 0 Å². The van der Waals surface area contributed by atoms with E-state index in [9.17, 15) is 0 Å². The predicted molar refractivity (Wildman–Crippen MR) is 92.1 cm³/mol. The van der Waals surface area contributed by atoms with E-state index in [1.165, 1.54) is 5.56 Å². The van der Waals surface area contributed by atoms with Crippen LogP contribution >= 0.6 is 0 Å². The third kappa shape index (κ3) is 4.10. The lowest BCUT2D eigenvalue weighted by Gasteiger charge is -2.33. The summed E-state index contributed by atoms with van der Waals surface area (Å²) in [4.78, 5) is 13.6. The molecular weight excluding hydrogens is 290 g/mol. The van der Waals surface area contributed by atoms with Gasteiger partial charge in [0.25, 0.3) is 0 Å². The van der Waals surface area contributed by atoms with Gasteiger partial charge in [-0.3, -0.25) is 0 Å². The van der Waals surface area contributed by atoms with Gasteiger partial charge in [-0.25, -0.2) is 4.98 Å². The highest BCUT2D eigenvalue weighted by atomic mass is 16.5. The highest BCUT2D eigenvalue weighted by molar-refractivity contribution is 5.43. The number of nitrogens with one attached hydrogen (secondary N) is 1. The van der Waals surface area contributed by atoms with Gasteiger partial charge in [-0.2, -0.15) is 4.98 Å². The van der Waals surface area contributed by atoms with Crippen molar-refractivity contribution in [2.75, 3.05) is 50.6 Å². The molecule has 6 nitrogen and oxygen atoms in total. The Balaban J connectivity index is 1.60. The number of likely N-dealkylation sites (N-methyl/N-ethyl adjacent to an activating group) is 1. The number of rotatable bonds is 5. The second-order valence-electron chi connectivity index (χ2n) is 5.73. The van der Waals surface area contributed by atoms with E-state index < -0.39 is 0 Å². The van der Waals surface area contributed by atoms with Gasteiger partial charge in [0.1, 0.15) is 11.6 Å². The number of anilines is 2. The second kappa shape index (κ2) is 7.28. The van der Waals surface area contributed by atoms with Crippen LogP contribution in [0.3, 0.4) is 0 Å². The van der Waals surface area contributed by atoms with Crippen molar-refractivity contribution in [1.82, 2.24) is 14.9 Å². The van der Waals surface area contributed by atoms with Gasteiger partial charge in [0.05, 0.1) is 7.11 Å². The predicted octanol–water partition coefficient (Wildman–Crippen LogP) is 1.85. The van der Waals surface area contributed by atoms with Crippen LogP contribution in [0.1, 0.15) is 5.56 Å². The van der Waals surface area contributed by atoms with Crippen molar-refractivity contribution >= 4 is 11.8 Å². The Labute approximate surface area is 137 Å². The third-order valence-corrected chi connectivity index (χ3v) is 4.08. The number of aromatic nitrogens is 2. The molecule has 1 N–H and O–H groups in total. The van der Waals surface area contributed by atoms with Crippen LogP contribution in [0.2, 0.25) is 0 Å². The zero-order valence-corrected chi connectivity index (χ0v) is 13.7. The molecular formula is C17H23N5O. The van der Waals surface area contributed by atoms with Gasteiger partial charge < -0.3 is 19.9 Å². The molecule has 0 saturated carbocycles. The van der Waals surface area contributed by atoms with Crippen molar-refractivity contribution in [3.8, 4) is 5.75 Å². The zero-order valence-electron chi connectivity index (χ0n) is 13.7. The summed E-state index contributed by atoms with van der Waals surface area (Å²) < 4.78 is 5.17. The molecule has 1 aliphatic heterocycles. The first kappa shape index (κ1) is 15.6. The van der Waals surface area contributed by atoms with Crippen LogP contribution in [0.5, 0.6) is 5.75 Å². The van der Waals surface area contributed by atoms with Crippen LogP contribution < -0.4 is 15.0 Å². The molecule has 0 amide bonds. The van der Waals surface area contributed by atoms with Gasteiger partial charge in [0.15, 0.2) is 0 Å². The minimum atomic E-state index is 0.664. The van der Waals surface area contributed by atoms with Crippen LogP contribution in [-0.2, 0) is 6.54 Å². The molecule has 0 atom stereocenters. The molecule has 122 valence electrons. The summed E-state index contributed by atoms with van der Waals surface area (Å²) in [7, 11) is 3.82. The van der Waals surface area contributed by atoms with Crippen molar-refractivity contribution < 1.29 is 4.74 Å². The molecule has 23 heavy (non-hydrogen) atoms. The molecule has 0 aliphatic carbocycles. The average Bonchev–Trinajstić information content (AvgIpc) is 2.61. The van der Waals surface area contributed by atoms with Gasteiger partial charge in [-0.15, -0.1) is 0 Å². The minimum Gasteiger partial charge on any atom is -0.497 e. The van der Waals surface area contributed by atoms with E-state index in [1.807, 2.05) is 36.5 Å². The maximum absolute atomic E-state index is 5.17. The molecule has 2 aromatic rings. The maximum atomic E-state index is 5.17. The molecule has 1 aromatic heterocycles. The lowest BCUT2D eigenvalue weighted by Crippen LogP contribution is -2.44. The molecule has 0 radical (unpaired) electrons. The van der Waals surface area contributed by atoms with E-state index in [-0.39, 0.29) is 0 Å². The summed E-state index contributed by atoms with van der Waals surface area (Å²) in [6.07, 6.45) is 1.82.